The van der Waals surface area contributed by atoms with Gasteiger partial charge in [0.2, 0.25) is 10.0 Å². The number of carboxylic acids is 1. The van der Waals surface area contributed by atoms with Crippen LogP contribution in [0, 0.1) is 0 Å². The van der Waals surface area contributed by atoms with Crippen molar-refractivity contribution in [3.63, 3.8) is 0 Å². The van der Waals surface area contributed by atoms with E-state index in [-0.39, 0.29) is 18.2 Å². The fourth-order valence-electron chi connectivity index (χ4n) is 3.47. The second-order valence-corrected chi connectivity index (χ2v) is 11.2. The Morgan fingerprint density at radius 1 is 1.15 bits per heavy atom. The van der Waals surface area contributed by atoms with E-state index in [1.807, 2.05) is 26.0 Å². The molecule has 1 fully saturated rings. The maximum Gasteiger partial charge on any atom is 0.323 e. The van der Waals surface area contributed by atoms with Gasteiger partial charge in [-0.1, -0.05) is 25.2 Å². The summed E-state index contributed by atoms with van der Waals surface area (Å²) < 4.78 is 25.6. The van der Waals surface area contributed by atoms with Crippen LogP contribution in [-0.4, -0.2) is 79.9 Å². The first kappa shape index (κ1) is 25.8. The molecule has 3 heterocycles. The lowest BCUT2D eigenvalue weighted by atomic mass is 10.1. The van der Waals surface area contributed by atoms with Crippen molar-refractivity contribution < 1.29 is 23.1 Å². The predicted molar refractivity (Wildman–Crippen MR) is 131 cm³/mol. The molecular weight excluding hydrogens is 480 g/mol. The number of nitrogens with one attached hydrogen (secondary N) is 2. The molecule has 11 nitrogen and oxygen atoms in total. The molecule has 34 heavy (non-hydrogen) atoms. The molecule has 3 rings (SSSR count). The zero-order valence-corrected chi connectivity index (χ0v) is 21.0. The van der Waals surface area contributed by atoms with Gasteiger partial charge in [-0.3, -0.25) is 14.6 Å². The Bertz CT molecular complexity index is 1100. The molecule has 0 aliphatic carbocycles. The third-order valence-corrected chi connectivity index (χ3v) is 7.97. The first-order valence-electron chi connectivity index (χ1n) is 11.0. The van der Waals surface area contributed by atoms with E-state index >= 15 is 0 Å². The van der Waals surface area contributed by atoms with E-state index in [9.17, 15) is 23.1 Å². The molecule has 2 aromatic rings. The van der Waals surface area contributed by atoms with Gasteiger partial charge in [0.25, 0.3) is 5.91 Å². The Hall–Kier alpha value is -2.77. The molecular formula is C21H30N6O5S2. The van der Waals surface area contributed by atoms with Crippen molar-refractivity contribution in [3.05, 3.63) is 35.1 Å². The number of amides is 1. The lowest BCUT2D eigenvalue weighted by Crippen LogP contribution is -2.48. The Morgan fingerprint density at radius 3 is 2.32 bits per heavy atom. The molecule has 0 aromatic carbocycles. The summed E-state index contributed by atoms with van der Waals surface area (Å²) >= 11 is 1.27. The average Bonchev–Trinajstić information content (AvgIpc) is 3.28. The van der Waals surface area contributed by atoms with E-state index in [4.69, 9.17) is 4.98 Å². The van der Waals surface area contributed by atoms with Crippen LogP contribution in [0.25, 0.3) is 0 Å². The number of aliphatic carboxylic acids is 1. The molecule has 1 atom stereocenters. The summed E-state index contributed by atoms with van der Waals surface area (Å²) in [5, 5.41) is 12.6. The Kier molecular flexibility index (Phi) is 8.44. The highest BCUT2D eigenvalue weighted by Crippen LogP contribution is 2.31. The smallest absolute Gasteiger partial charge is 0.323 e. The molecule has 186 valence electrons. The monoisotopic (exact) mass is 510 g/mol. The molecule has 2 aromatic heterocycles. The number of piperazine rings is 1. The summed E-state index contributed by atoms with van der Waals surface area (Å²) in [6.07, 6.45) is 3.54. The van der Waals surface area contributed by atoms with Crippen molar-refractivity contribution in [1.29, 1.82) is 0 Å². The summed E-state index contributed by atoms with van der Waals surface area (Å²) in [5.41, 5.74) is 1.75. The highest BCUT2D eigenvalue weighted by atomic mass is 32.2. The van der Waals surface area contributed by atoms with Gasteiger partial charge in [-0.05, 0) is 25.0 Å². The van der Waals surface area contributed by atoms with Crippen molar-refractivity contribution in [2.75, 3.05) is 48.3 Å². The largest absolute Gasteiger partial charge is 0.480 e. The topological polar surface area (TPSA) is 145 Å². The number of sulfonamides is 1. The number of carbonyl (C=O) groups excluding carboxylic acids is 1. The summed E-state index contributed by atoms with van der Waals surface area (Å²) in [7, 11) is -3.74. The van der Waals surface area contributed by atoms with Gasteiger partial charge >= 0.3 is 5.97 Å². The van der Waals surface area contributed by atoms with Gasteiger partial charge in [0.05, 0.1) is 11.4 Å². The number of hydrogen-bond acceptors (Lipinski definition) is 9. The summed E-state index contributed by atoms with van der Waals surface area (Å²) in [6.45, 7) is 8.01. The van der Waals surface area contributed by atoms with Crippen LogP contribution >= 0.6 is 11.3 Å². The minimum atomic E-state index is -3.74. The molecule has 3 N–H and O–H groups in total. The van der Waals surface area contributed by atoms with Crippen LogP contribution in [0.4, 0.5) is 10.8 Å². The molecule has 0 radical (unpaired) electrons. The van der Waals surface area contributed by atoms with Gasteiger partial charge in [0, 0.05) is 50.8 Å². The van der Waals surface area contributed by atoms with E-state index in [1.54, 1.807) is 12.4 Å². The van der Waals surface area contributed by atoms with Crippen molar-refractivity contribution >= 4 is 44.1 Å². The lowest BCUT2D eigenvalue weighted by Gasteiger charge is -2.35. The highest BCUT2D eigenvalue weighted by molar-refractivity contribution is 7.89. The number of anilines is 2. The molecule has 1 amide bonds. The lowest BCUT2D eigenvalue weighted by molar-refractivity contribution is -0.138. The van der Waals surface area contributed by atoms with Crippen LogP contribution in [0.3, 0.4) is 0 Å². The van der Waals surface area contributed by atoms with Gasteiger partial charge in [0.1, 0.15) is 10.9 Å². The standard InChI is InChI=1S/C21H30N6O5S2/c1-4-34(31,32)25-16(20(29)30)13-23-19(28)18-17(14(2)3)24-21(33-18)27-11-9-26(10-12-27)15-5-7-22-8-6-15/h5-8,14,16,25H,4,9-13H2,1-3H3,(H,23,28)(H,29,30). The number of nitrogens with zero attached hydrogens (tertiary/aromatic N) is 4. The summed E-state index contributed by atoms with van der Waals surface area (Å²) in [4.78, 5) is 38.0. The predicted octanol–water partition coefficient (Wildman–Crippen LogP) is 1.11. The fourth-order valence-corrected chi connectivity index (χ4v) is 5.45. The van der Waals surface area contributed by atoms with E-state index in [0.29, 0.717) is 10.6 Å². The van der Waals surface area contributed by atoms with Crippen LogP contribution in [-0.2, 0) is 14.8 Å². The molecule has 0 bridgehead atoms. The van der Waals surface area contributed by atoms with Crippen LogP contribution in [0.15, 0.2) is 24.5 Å². The van der Waals surface area contributed by atoms with Crippen molar-refractivity contribution in [2.24, 2.45) is 0 Å². The molecule has 1 unspecified atom stereocenters. The van der Waals surface area contributed by atoms with Crippen LogP contribution in [0.1, 0.15) is 42.1 Å². The van der Waals surface area contributed by atoms with Gasteiger partial charge in [-0.25, -0.2) is 13.4 Å². The Morgan fingerprint density at radius 2 is 1.76 bits per heavy atom. The molecule has 1 saturated heterocycles. The molecule has 13 heteroatoms. The third-order valence-electron chi connectivity index (χ3n) is 5.44. The van der Waals surface area contributed by atoms with Crippen LogP contribution < -0.4 is 19.8 Å². The normalized spacial score (nSPS) is 15.4. The maximum atomic E-state index is 12.9. The zero-order chi connectivity index (χ0) is 24.9. The van der Waals surface area contributed by atoms with E-state index in [2.05, 4.69) is 24.8 Å². The van der Waals surface area contributed by atoms with Gasteiger partial charge < -0.3 is 20.2 Å². The highest BCUT2D eigenvalue weighted by Gasteiger charge is 2.28. The Labute approximate surface area is 203 Å². The minimum Gasteiger partial charge on any atom is -0.480 e. The van der Waals surface area contributed by atoms with Crippen molar-refractivity contribution in [1.82, 2.24) is 20.0 Å². The first-order valence-corrected chi connectivity index (χ1v) is 13.5. The SMILES string of the molecule is CCS(=O)(=O)NC(CNC(=O)c1sc(N2CCN(c3ccncc3)CC2)nc1C(C)C)C(=O)O. The number of hydrogen-bond donors (Lipinski definition) is 3. The molecule has 1 aliphatic rings. The molecule has 0 saturated carbocycles. The number of rotatable bonds is 10. The minimum absolute atomic E-state index is 0.0160. The van der Waals surface area contributed by atoms with Gasteiger partial charge in [-0.15, -0.1) is 0 Å². The molecule has 1 aliphatic heterocycles. The fraction of sp³-hybridized carbons (Fsp3) is 0.524. The summed E-state index contributed by atoms with van der Waals surface area (Å²) in [5.74, 6) is -2.10. The van der Waals surface area contributed by atoms with Crippen molar-refractivity contribution in [3.8, 4) is 0 Å². The van der Waals surface area contributed by atoms with E-state index < -0.39 is 27.9 Å². The van der Waals surface area contributed by atoms with Crippen LogP contribution in [0.5, 0.6) is 0 Å². The van der Waals surface area contributed by atoms with Gasteiger partial charge in [0.15, 0.2) is 5.13 Å². The number of pyridine rings is 1. The second kappa shape index (κ2) is 11.1. The van der Waals surface area contributed by atoms with E-state index in [0.717, 1.165) is 37.0 Å². The average molecular weight is 511 g/mol. The maximum absolute atomic E-state index is 12.9. The first-order chi connectivity index (χ1) is 16.1. The Balaban J connectivity index is 1.68. The second-order valence-electron chi connectivity index (χ2n) is 8.17. The number of thiazole rings is 1. The quantitative estimate of drug-likeness (QED) is 0.428. The van der Waals surface area contributed by atoms with Crippen LogP contribution in [0.2, 0.25) is 0 Å². The van der Waals surface area contributed by atoms with Gasteiger partial charge in [-0.2, -0.15) is 4.72 Å². The number of aromatic nitrogens is 2. The summed E-state index contributed by atoms with van der Waals surface area (Å²) in [6, 6.07) is 2.50. The number of carbonyl (C=O) groups is 2. The number of carboxylic acid groups (broad SMARTS) is 1. The molecule has 0 spiro atoms. The zero-order valence-electron chi connectivity index (χ0n) is 19.4. The van der Waals surface area contributed by atoms with E-state index in [1.165, 1.54) is 18.3 Å². The van der Waals surface area contributed by atoms with Crippen molar-refractivity contribution in [2.45, 2.75) is 32.7 Å². The third kappa shape index (κ3) is 6.42.